The van der Waals surface area contributed by atoms with Gasteiger partial charge in [-0.25, -0.2) is 8.78 Å². The van der Waals surface area contributed by atoms with Crippen molar-refractivity contribution in [3.8, 4) is 17.2 Å². The number of para-hydroxylation sites is 1. The van der Waals surface area contributed by atoms with Crippen molar-refractivity contribution in [1.29, 1.82) is 0 Å². The number of benzene rings is 3. The number of amides is 2. The summed E-state index contributed by atoms with van der Waals surface area (Å²) >= 11 is 0. The van der Waals surface area contributed by atoms with E-state index in [1.807, 2.05) is 12.1 Å². The highest BCUT2D eigenvalue weighted by Crippen LogP contribution is 2.34. The number of methoxy groups -OCH3 is 2. The van der Waals surface area contributed by atoms with E-state index < -0.39 is 23.6 Å². The smallest absolute Gasteiger partial charge is 0.263 e. The topological polar surface area (TPSA) is 77.1 Å². The van der Waals surface area contributed by atoms with Gasteiger partial charge < -0.3 is 24.4 Å². The van der Waals surface area contributed by atoms with Gasteiger partial charge in [-0.15, -0.1) is 0 Å². The van der Waals surface area contributed by atoms with Gasteiger partial charge in [-0.05, 0) is 43.3 Å². The molecule has 3 aromatic carbocycles. The highest BCUT2D eigenvalue weighted by atomic mass is 19.1. The minimum absolute atomic E-state index is 0.202. The van der Waals surface area contributed by atoms with E-state index in [2.05, 4.69) is 5.32 Å². The molecule has 0 aromatic heterocycles. The molecule has 7 nitrogen and oxygen atoms in total. The number of halogens is 2. The Morgan fingerprint density at radius 1 is 1.11 bits per heavy atom. The second kappa shape index (κ2) is 10.0. The Hall–Kier alpha value is -4.14. The predicted octanol–water partition coefficient (Wildman–Crippen LogP) is 4.54. The SMILES string of the molecule is COc1cccc(CN2Cc3cc(NC(=O)c4ccc(F)cc4F)ccc3OC(C)C2=O)c1OC. The van der Waals surface area contributed by atoms with Gasteiger partial charge in [0.2, 0.25) is 0 Å². The van der Waals surface area contributed by atoms with Gasteiger partial charge >= 0.3 is 0 Å². The van der Waals surface area contributed by atoms with Crippen molar-refractivity contribution in [1.82, 2.24) is 4.90 Å². The summed E-state index contributed by atoms with van der Waals surface area (Å²) in [7, 11) is 3.07. The standard InChI is InChI=1S/C26H24F2N2O5/c1-15-26(32)30(13-16-5-4-6-23(33-2)24(16)34-3)14-17-11-19(8-10-22(17)35-15)29-25(31)20-9-7-18(27)12-21(20)28/h4-12,15H,13-14H2,1-3H3,(H,29,31). The Balaban J connectivity index is 1.60. The third-order valence-corrected chi connectivity index (χ3v) is 5.66. The van der Waals surface area contributed by atoms with Gasteiger partial charge in [-0.1, -0.05) is 12.1 Å². The summed E-state index contributed by atoms with van der Waals surface area (Å²) < 4.78 is 43.9. The molecule has 1 heterocycles. The van der Waals surface area contributed by atoms with E-state index >= 15 is 0 Å². The zero-order chi connectivity index (χ0) is 25.1. The first-order valence-corrected chi connectivity index (χ1v) is 10.9. The van der Waals surface area contributed by atoms with Crippen LogP contribution in [0, 0.1) is 11.6 Å². The average molecular weight is 482 g/mol. The number of ether oxygens (including phenoxy) is 3. The van der Waals surface area contributed by atoms with Gasteiger partial charge in [-0.2, -0.15) is 0 Å². The number of hydrogen-bond acceptors (Lipinski definition) is 5. The molecule has 1 N–H and O–H groups in total. The van der Waals surface area contributed by atoms with E-state index in [0.29, 0.717) is 34.6 Å². The maximum atomic E-state index is 14.0. The highest BCUT2D eigenvalue weighted by Gasteiger charge is 2.29. The lowest BCUT2D eigenvalue weighted by Gasteiger charge is -2.24. The minimum atomic E-state index is -0.960. The minimum Gasteiger partial charge on any atom is -0.493 e. The quantitative estimate of drug-likeness (QED) is 0.558. The molecule has 35 heavy (non-hydrogen) atoms. The van der Waals surface area contributed by atoms with Crippen LogP contribution in [0.5, 0.6) is 17.2 Å². The third kappa shape index (κ3) is 5.03. The fraction of sp³-hybridized carbons (Fsp3) is 0.231. The zero-order valence-electron chi connectivity index (χ0n) is 19.4. The molecule has 0 spiro atoms. The summed E-state index contributed by atoms with van der Waals surface area (Å²) in [5.74, 6) is -1.09. The molecule has 0 aliphatic carbocycles. The number of nitrogens with zero attached hydrogens (tertiary/aromatic N) is 1. The summed E-state index contributed by atoms with van der Waals surface area (Å²) in [6, 6.07) is 13.1. The molecule has 3 aromatic rings. The molecule has 0 radical (unpaired) electrons. The molecular formula is C26H24F2N2O5. The number of fused-ring (bicyclic) bond motifs is 1. The van der Waals surface area contributed by atoms with Crippen LogP contribution in [0.15, 0.2) is 54.6 Å². The Kier molecular flexibility index (Phi) is 6.86. The number of carbonyl (C=O) groups is 2. The summed E-state index contributed by atoms with van der Waals surface area (Å²) in [6.07, 6.45) is -0.735. The van der Waals surface area contributed by atoms with Gasteiger partial charge in [-0.3, -0.25) is 9.59 Å². The molecule has 182 valence electrons. The van der Waals surface area contributed by atoms with Gasteiger partial charge in [0.25, 0.3) is 11.8 Å². The van der Waals surface area contributed by atoms with Crippen LogP contribution in [0.4, 0.5) is 14.5 Å². The van der Waals surface area contributed by atoms with Crippen LogP contribution >= 0.6 is 0 Å². The van der Waals surface area contributed by atoms with E-state index in [0.717, 1.165) is 17.7 Å². The molecule has 1 aliphatic heterocycles. The molecular weight excluding hydrogens is 458 g/mol. The summed E-state index contributed by atoms with van der Waals surface area (Å²) in [5.41, 5.74) is 1.50. The average Bonchev–Trinajstić information content (AvgIpc) is 2.94. The second-order valence-corrected chi connectivity index (χ2v) is 8.01. The fourth-order valence-electron chi connectivity index (χ4n) is 3.97. The Labute approximate surface area is 201 Å². The molecule has 9 heteroatoms. The maximum absolute atomic E-state index is 14.0. The molecule has 2 amide bonds. The Morgan fingerprint density at radius 3 is 2.63 bits per heavy atom. The largest absolute Gasteiger partial charge is 0.493 e. The number of rotatable bonds is 6. The number of anilines is 1. The van der Waals surface area contributed by atoms with Crippen molar-refractivity contribution < 1.29 is 32.6 Å². The predicted molar refractivity (Wildman–Crippen MR) is 125 cm³/mol. The lowest BCUT2D eigenvalue weighted by molar-refractivity contribution is -0.138. The molecule has 1 unspecified atom stereocenters. The molecule has 1 atom stereocenters. The normalized spacial score (nSPS) is 15.1. The van der Waals surface area contributed by atoms with Crippen LogP contribution < -0.4 is 19.5 Å². The van der Waals surface area contributed by atoms with Crippen LogP contribution in [-0.4, -0.2) is 37.0 Å². The monoisotopic (exact) mass is 482 g/mol. The van der Waals surface area contributed by atoms with E-state index in [4.69, 9.17) is 14.2 Å². The third-order valence-electron chi connectivity index (χ3n) is 5.66. The van der Waals surface area contributed by atoms with E-state index in [1.54, 1.807) is 43.2 Å². The molecule has 0 saturated carbocycles. The van der Waals surface area contributed by atoms with E-state index in [1.165, 1.54) is 7.11 Å². The number of carbonyl (C=O) groups excluding carboxylic acids is 2. The molecule has 0 saturated heterocycles. The molecule has 1 aliphatic rings. The number of hydrogen-bond donors (Lipinski definition) is 1. The molecule has 0 bridgehead atoms. The molecule has 0 fully saturated rings. The van der Waals surface area contributed by atoms with Crippen LogP contribution in [0.1, 0.15) is 28.4 Å². The van der Waals surface area contributed by atoms with Crippen molar-refractivity contribution >= 4 is 17.5 Å². The highest BCUT2D eigenvalue weighted by molar-refractivity contribution is 6.04. The van der Waals surface area contributed by atoms with Gasteiger partial charge in [0.15, 0.2) is 17.6 Å². The lowest BCUT2D eigenvalue weighted by atomic mass is 10.1. The van der Waals surface area contributed by atoms with E-state index in [9.17, 15) is 18.4 Å². The van der Waals surface area contributed by atoms with Crippen molar-refractivity contribution in [2.24, 2.45) is 0 Å². The fourth-order valence-corrected chi connectivity index (χ4v) is 3.97. The van der Waals surface area contributed by atoms with Gasteiger partial charge in [0.05, 0.1) is 19.8 Å². The van der Waals surface area contributed by atoms with Gasteiger partial charge in [0.1, 0.15) is 17.4 Å². The maximum Gasteiger partial charge on any atom is 0.263 e. The first-order chi connectivity index (χ1) is 16.8. The number of nitrogens with one attached hydrogen (secondary N) is 1. The summed E-state index contributed by atoms with van der Waals surface area (Å²) in [5, 5.41) is 2.61. The van der Waals surface area contributed by atoms with Crippen molar-refractivity contribution in [3.63, 3.8) is 0 Å². The summed E-state index contributed by atoms with van der Waals surface area (Å²) in [4.78, 5) is 27.2. The zero-order valence-corrected chi connectivity index (χ0v) is 19.4. The Morgan fingerprint density at radius 2 is 1.91 bits per heavy atom. The summed E-state index contributed by atoms with van der Waals surface area (Å²) in [6.45, 7) is 2.11. The van der Waals surface area contributed by atoms with Crippen molar-refractivity contribution in [3.05, 3.63) is 82.9 Å². The van der Waals surface area contributed by atoms with Crippen LogP contribution in [0.25, 0.3) is 0 Å². The first-order valence-electron chi connectivity index (χ1n) is 10.9. The lowest BCUT2D eigenvalue weighted by Crippen LogP contribution is -2.37. The second-order valence-electron chi connectivity index (χ2n) is 8.01. The van der Waals surface area contributed by atoms with Crippen molar-refractivity contribution in [2.75, 3.05) is 19.5 Å². The first kappa shape index (κ1) is 24.0. The van der Waals surface area contributed by atoms with Gasteiger partial charge in [0, 0.05) is 36.0 Å². The van der Waals surface area contributed by atoms with Crippen LogP contribution in [0.3, 0.4) is 0 Å². The van der Waals surface area contributed by atoms with Crippen molar-refractivity contribution in [2.45, 2.75) is 26.1 Å². The van der Waals surface area contributed by atoms with Crippen LogP contribution in [0.2, 0.25) is 0 Å². The van der Waals surface area contributed by atoms with E-state index in [-0.39, 0.29) is 24.6 Å². The Bertz CT molecular complexity index is 1280. The van der Waals surface area contributed by atoms with Crippen LogP contribution in [-0.2, 0) is 17.9 Å². The molecule has 4 rings (SSSR count).